The van der Waals surface area contributed by atoms with Gasteiger partial charge in [0.2, 0.25) is 15.9 Å². The molecular weight excluding hydrogens is 460 g/mol. The van der Waals surface area contributed by atoms with Crippen LogP contribution < -0.4 is 4.90 Å². The number of piperidine rings is 2. The molecule has 2 aliphatic heterocycles. The van der Waals surface area contributed by atoms with Crippen LogP contribution in [0.1, 0.15) is 37.7 Å². The first-order valence-electron chi connectivity index (χ1n) is 11.8. The van der Waals surface area contributed by atoms with E-state index in [0.717, 1.165) is 35.1 Å². The summed E-state index contributed by atoms with van der Waals surface area (Å²) in [4.78, 5) is 16.4. The van der Waals surface area contributed by atoms with Crippen LogP contribution in [0.3, 0.4) is 0 Å². The molecule has 6 nitrogen and oxygen atoms in total. The number of carbonyl (C=O) groups is 1. The summed E-state index contributed by atoms with van der Waals surface area (Å²) in [5.74, 6) is -2.13. The van der Waals surface area contributed by atoms with Gasteiger partial charge in [-0.3, -0.25) is 4.79 Å². The summed E-state index contributed by atoms with van der Waals surface area (Å²) in [5.41, 5.74) is 2.25. The Labute approximate surface area is 200 Å². The Morgan fingerprint density at radius 3 is 2.26 bits per heavy atom. The zero-order chi connectivity index (χ0) is 24.3. The van der Waals surface area contributed by atoms with Crippen molar-refractivity contribution in [1.82, 2.24) is 9.21 Å². The molecule has 9 heteroatoms. The summed E-state index contributed by atoms with van der Waals surface area (Å²) in [5, 5.41) is 0. The van der Waals surface area contributed by atoms with Gasteiger partial charge >= 0.3 is 0 Å². The lowest BCUT2D eigenvalue weighted by Gasteiger charge is -2.32. The Morgan fingerprint density at radius 1 is 0.971 bits per heavy atom. The highest BCUT2D eigenvalue weighted by molar-refractivity contribution is 7.89. The van der Waals surface area contributed by atoms with Crippen LogP contribution >= 0.6 is 0 Å². The average Bonchev–Trinajstić information content (AvgIpc) is 2.86. The summed E-state index contributed by atoms with van der Waals surface area (Å²) in [6.07, 6.45) is 4.40. The van der Waals surface area contributed by atoms with Crippen LogP contribution in [-0.4, -0.2) is 56.8 Å². The predicted octanol–water partition coefficient (Wildman–Crippen LogP) is 4.01. The second kappa shape index (κ2) is 10.4. The van der Waals surface area contributed by atoms with E-state index < -0.39 is 26.6 Å². The fraction of sp³-hybridized carbons (Fsp3) is 0.480. The van der Waals surface area contributed by atoms with E-state index in [1.54, 1.807) is 11.9 Å². The van der Waals surface area contributed by atoms with Crippen molar-refractivity contribution in [1.29, 1.82) is 0 Å². The lowest BCUT2D eigenvalue weighted by molar-refractivity contribution is -0.135. The van der Waals surface area contributed by atoms with Crippen molar-refractivity contribution in [2.75, 3.05) is 38.1 Å². The summed E-state index contributed by atoms with van der Waals surface area (Å²) in [7, 11) is -2.40. The third-order valence-corrected chi connectivity index (χ3v) is 8.68. The first-order valence-corrected chi connectivity index (χ1v) is 13.2. The van der Waals surface area contributed by atoms with Gasteiger partial charge in [-0.05, 0) is 68.0 Å². The van der Waals surface area contributed by atoms with Gasteiger partial charge in [-0.25, -0.2) is 17.2 Å². The Kier molecular flexibility index (Phi) is 7.52. The number of benzene rings is 2. The third-order valence-electron chi connectivity index (χ3n) is 6.77. The molecule has 2 saturated heterocycles. The van der Waals surface area contributed by atoms with Crippen LogP contribution in [0.2, 0.25) is 0 Å². The molecular formula is C25H31F2N3O3S. The van der Waals surface area contributed by atoms with Gasteiger partial charge < -0.3 is 9.80 Å². The van der Waals surface area contributed by atoms with Crippen LogP contribution in [0.4, 0.5) is 14.5 Å². The Hall–Kier alpha value is -2.52. The summed E-state index contributed by atoms with van der Waals surface area (Å²) < 4.78 is 54.2. The Morgan fingerprint density at radius 2 is 1.62 bits per heavy atom. The van der Waals surface area contributed by atoms with Crippen molar-refractivity contribution in [2.45, 2.75) is 43.5 Å². The smallest absolute Gasteiger partial charge is 0.246 e. The van der Waals surface area contributed by atoms with E-state index >= 15 is 0 Å². The number of halogens is 2. The van der Waals surface area contributed by atoms with E-state index in [9.17, 15) is 22.0 Å². The van der Waals surface area contributed by atoms with Crippen molar-refractivity contribution < 1.29 is 22.0 Å². The van der Waals surface area contributed by atoms with E-state index in [1.165, 1.54) is 24.9 Å². The molecule has 0 saturated carbocycles. The molecule has 0 aliphatic carbocycles. The molecule has 184 valence electrons. The van der Waals surface area contributed by atoms with Crippen LogP contribution in [0, 0.1) is 17.6 Å². The van der Waals surface area contributed by atoms with E-state index in [2.05, 4.69) is 29.2 Å². The highest BCUT2D eigenvalue weighted by Crippen LogP contribution is 2.27. The van der Waals surface area contributed by atoms with Crippen LogP contribution in [0.5, 0.6) is 0 Å². The first kappa shape index (κ1) is 24.6. The van der Waals surface area contributed by atoms with Crippen molar-refractivity contribution in [2.24, 2.45) is 5.92 Å². The number of rotatable bonds is 6. The van der Waals surface area contributed by atoms with Crippen LogP contribution in [0.25, 0.3) is 0 Å². The minimum atomic E-state index is -4.16. The minimum absolute atomic E-state index is 0.0332. The highest BCUT2D eigenvalue weighted by Gasteiger charge is 2.34. The standard InChI is InChI=1S/C25H31F2N3O3S/c1-28(18-19-5-8-22(9-6-19)29-13-3-2-4-14-29)25(31)20-11-15-30(16-12-20)34(32,33)24-17-21(26)7-10-23(24)27/h5-10,17,20H,2-4,11-16,18H2,1H3. The van der Waals surface area contributed by atoms with Crippen LogP contribution in [-0.2, 0) is 21.4 Å². The monoisotopic (exact) mass is 491 g/mol. The normalized spacial score (nSPS) is 18.1. The topological polar surface area (TPSA) is 60.9 Å². The fourth-order valence-corrected chi connectivity index (χ4v) is 6.33. The van der Waals surface area contributed by atoms with Gasteiger partial charge in [0.1, 0.15) is 16.5 Å². The van der Waals surface area contributed by atoms with Gasteiger partial charge in [-0.15, -0.1) is 0 Å². The zero-order valence-electron chi connectivity index (χ0n) is 19.4. The molecule has 34 heavy (non-hydrogen) atoms. The van der Waals surface area contributed by atoms with Crippen molar-refractivity contribution in [3.63, 3.8) is 0 Å². The van der Waals surface area contributed by atoms with Gasteiger partial charge in [0.25, 0.3) is 0 Å². The molecule has 2 fully saturated rings. The number of anilines is 1. The molecule has 0 aromatic heterocycles. The molecule has 2 aliphatic rings. The molecule has 0 N–H and O–H groups in total. The van der Waals surface area contributed by atoms with Gasteiger partial charge in [-0.1, -0.05) is 12.1 Å². The first-order chi connectivity index (χ1) is 16.3. The van der Waals surface area contributed by atoms with Crippen molar-refractivity contribution >= 4 is 21.6 Å². The predicted molar refractivity (Wildman–Crippen MR) is 127 cm³/mol. The summed E-state index contributed by atoms with van der Waals surface area (Å²) in [6, 6.07) is 10.7. The number of hydrogen-bond acceptors (Lipinski definition) is 4. The van der Waals surface area contributed by atoms with Gasteiger partial charge in [0, 0.05) is 51.4 Å². The minimum Gasteiger partial charge on any atom is -0.372 e. The molecule has 2 heterocycles. The fourth-order valence-electron chi connectivity index (χ4n) is 4.78. The van der Waals surface area contributed by atoms with Gasteiger partial charge in [-0.2, -0.15) is 4.31 Å². The molecule has 0 radical (unpaired) electrons. The molecule has 0 bridgehead atoms. The number of nitrogens with zero attached hydrogens (tertiary/aromatic N) is 3. The average molecular weight is 492 g/mol. The SMILES string of the molecule is CN(Cc1ccc(N2CCCCC2)cc1)C(=O)C1CCN(S(=O)(=O)c2cc(F)ccc2F)CC1. The lowest BCUT2D eigenvalue weighted by Crippen LogP contribution is -2.43. The van der Waals surface area contributed by atoms with E-state index in [0.29, 0.717) is 25.5 Å². The molecule has 0 atom stereocenters. The maximum atomic E-state index is 14.0. The van der Waals surface area contributed by atoms with E-state index in [4.69, 9.17) is 0 Å². The molecule has 4 rings (SSSR count). The van der Waals surface area contributed by atoms with Gasteiger partial charge in [0.15, 0.2) is 0 Å². The summed E-state index contributed by atoms with van der Waals surface area (Å²) >= 11 is 0. The summed E-state index contributed by atoms with van der Waals surface area (Å²) in [6.45, 7) is 2.82. The number of carbonyl (C=O) groups excluding carboxylic acids is 1. The molecule has 2 aromatic rings. The van der Waals surface area contributed by atoms with Crippen molar-refractivity contribution in [3.05, 3.63) is 59.7 Å². The number of amides is 1. The largest absolute Gasteiger partial charge is 0.372 e. The van der Waals surface area contributed by atoms with E-state index in [1.807, 2.05) is 0 Å². The van der Waals surface area contributed by atoms with Crippen molar-refractivity contribution in [3.8, 4) is 0 Å². The molecule has 2 aromatic carbocycles. The van der Waals surface area contributed by atoms with Crippen LogP contribution in [0.15, 0.2) is 47.4 Å². The number of sulfonamides is 1. The lowest BCUT2D eigenvalue weighted by atomic mass is 9.96. The Bertz CT molecular complexity index is 1110. The Balaban J connectivity index is 1.32. The maximum absolute atomic E-state index is 14.0. The number of hydrogen-bond donors (Lipinski definition) is 0. The zero-order valence-corrected chi connectivity index (χ0v) is 20.2. The third kappa shape index (κ3) is 5.41. The molecule has 1 amide bonds. The molecule has 0 unspecified atom stereocenters. The second-order valence-electron chi connectivity index (χ2n) is 9.16. The maximum Gasteiger partial charge on any atom is 0.246 e. The van der Waals surface area contributed by atoms with E-state index in [-0.39, 0.29) is 24.9 Å². The quantitative estimate of drug-likeness (QED) is 0.613. The highest BCUT2D eigenvalue weighted by atomic mass is 32.2. The molecule has 0 spiro atoms. The second-order valence-corrected chi connectivity index (χ2v) is 11.1. The van der Waals surface area contributed by atoms with Gasteiger partial charge in [0.05, 0.1) is 0 Å².